The maximum atomic E-state index is 4.31. The fraction of sp³-hybridized carbons (Fsp3) is 0.167. The summed E-state index contributed by atoms with van der Waals surface area (Å²) < 4.78 is 2.00. The average molecular weight is 264 g/mol. The lowest BCUT2D eigenvalue weighted by Gasteiger charge is -2.07. The Morgan fingerprint density at radius 2 is 1.60 bits per heavy atom. The van der Waals surface area contributed by atoms with Crippen LogP contribution < -0.4 is 0 Å². The average Bonchev–Trinajstić information content (AvgIpc) is 2.87. The highest BCUT2D eigenvalue weighted by Crippen LogP contribution is 2.20. The first-order chi connectivity index (χ1) is 9.49. The van der Waals surface area contributed by atoms with Crippen molar-refractivity contribution in [1.29, 1.82) is 0 Å². The van der Waals surface area contributed by atoms with E-state index in [9.17, 15) is 0 Å². The highest BCUT2D eigenvalue weighted by Gasteiger charge is 2.02. The largest absolute Gasteiger partial charge is 0.307 e. The molecule has 2 heteroatoms. The van der Waals surface area contributed by atoms with Crippen molar-refractivity contribution in [3.8, 4) is 0 Å². The molecule has 2 aromatic rings. The SMILES string of the molecule is C=C(C)c1ccc(/C(C)=C/n2ccnc2C(=C)C)cc1. The van der Waals surface area contributed by atoms with E-state index in [-0.39, 0.29) is 0 Å². The van der Waals surface area contributed by atoms with Crippen LogP contribution in [-0.2, 0) is 0 Å². The molecule has 0 saturated carbocycles. The van der Waals surface area contributed by atoms with E-state index in [4.69, 9.17) is 0 Å². The number of benzene rings is 1. The van der Waals surface area contributed by atoms with Gasteiger partial charge < -0.3 is 4.57 Å². The third kappa shape index (κ3) is 2.97. The van der Waals surface area contributed by atoms with Gasteiger partial charge in [-0.3, -0.25) is 0 Å². The van der Waals surface area contributed by atoms with Crippen LogP contribution in [0.15, 0.2) is 49.8 Å². The smallest absolute Gasteiger partial charge is 0.138 e. The molecule has 1 aromatic heterocycles. The summed E-state index contributed by atoms with van der Waals surface area (Å²) in [6.07, 6.45) is 5.81. The summed E-state index contributed by atoms with van der Waals surface area (Å²) in [7, 11) is 0. The van der Waals surface area contributed by atoms with Crippen LogP contribution in [0.1, 0.15) is 37.7 Å². The van der Waals surface area contributed by atoms with Crippen molar-refractivity contribution in [1.82, 2.24) is 9.55 Å². The first-order valence-electron chi connectivity index (χ1n) is 6.62. The van der Waals surface area contributed by atoms with Crippen LogP contribution >= 0.6 is 0 Å². The number of aromatic nitrogens is 2. The molecule has 102 valence electrons. The summed E-state index contributed by atoms with van der Waals surface area (Å²) in [5.41, 5.74) is 5.58. The number of allylic oxidation sites excluding steroid dienone is 3. The third-order valence-corrected chi connectivity index (χ3v) is 3.22. The van der Waals surface area contributed by atoms with Crippen molar-refractivity contribution in [2.75, 3.05) is 0 Å². The molecule has 0 aliphatic heterocycles. The molecule has 2 nitrogen and oxygen atoms in total. The van der Waals surface area contributed by atoms with Gasteiger partial charge in [0.25, 0.3) is 0 Å². The van der Waals surface area contributed by atoms with Crippen LogP contribution in [-0.4, -0.2) is 9.55 Å². The fourth-order valence-corrected chi connectivity index (χ4v) is 2.05. The summed E-state index contributed by atoms with van der Waals surface area (Å²) in [6, 6.07) is 8.44. The summed E-state index contributed by atoms with van der Waals surface area (Å²) >= 11 is 0. The second-order valence-corrected chi connectivity index (χ2v) is 5.11. The number of rotatable bonds is 4. The Bertz CT molecular complexity index is 670. The topological polar surface area (TPSA) is 17.8 Å². The lowest BCUT2D eigenvalue weighted by Crippen LogP contribution is -1.93. The fourth-order valence-electron chi connectivity index (χ4n) is 2.05. The molecule has 0 atom stereocenters. The van der Waals surface area contributed by atoms with Gasteiger partial charge in [-0.05, 0) is 43.0 Å². The molecule has 20 heavy (non-hydrogen) atoms. The molecule has 0 spiro atoms. The van der Waals surface area contributed by atoms with Crippen LogP contribution in [0.5, 0.6) is 0 Å². The van der Waals surface area contributed by atoms with Crippen molar-refractivity contribution >= 4 is 22.9 Å². The molecule has 0 radical (unpaired) electrons. The van der Waals surface area contributed by atoms with Gasteiger partial charge in [0.15, 0.2) is 0 Å². The molecule has 0 saturated heterocycles. The zero-order valence-corrected chi connectivity index (χ0v) is 12.4. The van der Waals surface area contributed by atoms with Crippen LogP contribution in [0.3, 0.4) is 0 Å². The molecule has 1 aromatic carbocycles. The van der Waals surface area contributed by atoms with Gasteiger partial charge in [0.2, 0.25) is 0 Å². The zero-order valence-electron chi connectivity index (χ0n) is 12.4. The Morgan fingerprint density at radius 3 is 2.15 bits per heavy atom. The molecule has 0 aliphatic rings. The molecular weight excluding hydrogens is 244 g/mol. The van der Waals surface area contributed by atoms with Crippen molar-refractivity contribution in [2.45, 2.75) is 20.8 Å². The zero-order chi connectivity index (χ0) is 14.7. The minimum absolute atomic E-state index is 0.892. The van der Waals surface area contributed by atoms with Gasteiger partial charge in [-0.2, -0.15) is 0 Å². The van der Waals surface area contributed by atoms with Crippen LogP contribution in [0.2, 0.25) is 0 Å². The van der Waals surface area contributed by atoms with Gasteiger partial charge >= 0.3 is 0 Å². The van der Waals surface area contributed by atoms with Crippen molar-refractivity contribution in [3.05, 3.63) is 66.8 Å². The van der Waals surface area contributed by atoms with E-state index in [1.807, 2.05) is 24.6 Å². The summed E-state index contributed by atoms with van der Waals surface area (Å²) in [6.45, 7) is 14.0. The highest BCUT2D eigenvalue weighted by molar-refractivity contribution is 5.76. The van der Waals surface area contributed by atoms with Crippen molar-refractivity contribution in [2.24, 2.45) is 0 Å². The Hall–Kier alpha value is -2.35. The van der Waals surface area contributed by atoms with E-state index in [0.717, 1.165) is 17.0 Å². The van der Waals surface area contributed by atoms with Gasteiger partial charge in [-0.25, -0.2) is 4.98 Å². The predicted molar refractivity (Wildman–Crippen MR) is 87.9 cm³/mol. The molecule has 0 aliphatic carbocycles. The molecular formula is C18H20N2. The van der Waals surface area contributed by atoms with E-state index < -0.39 is 0 Å². The standard InChI is InChI=1S/C18H20N2/c1-13(2)16-6-8-17(9-7-16)15(5)12-20-11-10-19-18(20)14(3)4/h6-12H,1,3H2,2,4-5H3/b15-12+. The summed E-state index contributed by atoms with van der Waals surface area (Å²) in [4.78, 5) is 4.31. The predicted octanol–water partition coefficient (Wildman–Crippen LogP) is 4.97. The summed E-state index contributed by atoms with van der Waals surface area (Å²) in [5.74, 6) is 0.892. The Kier molecular flexibility index (Phi) is 4.04. The Labute approximate surface area is 120 Å². The second-order valence-electron chi connectivity index (χ2n) is 5.11. The quantitative estimate of drug-likeness (QED) is 0.762. The van der Waals surface area contributed by atoms with Crippen molar-refractivity contribution < 1.29 is 0 Å². The minimum atomic E-state index is 0.892. The number of nitrogens with zero attached hydrogens (tertiary/aromatic N) is 2. The van der Waals surface area contributed by atoms with E-state index in [1.165, 1.54) is 16.7 Å². The maximum absolute atomic E-state index is 4.31. The minimum Gasteiger partial charge on any atom is -0.307 e. The number of hydrogen-bond acceptors (Lipinski definition) is 1. The maximum Gasteiger partial charge on any atom is 0.138 e. The molecule has 0 bridgehead atoms. The Balaban J connectivity index is 2.32. The Morgan fingerprint density at radius 1 is 1.00 bits per heavy atom. The van der Waals surface area contributed by atoms with Gasteiger partial charge in [0.1, 0.15) is 5.82 Å². The lowest BCUT2D eigenvalue weighted by molar-refractivity contribution is 1.09. The molecule has 2 rings (SSSR count). The molecule has 0 fully saturated rings. The number of hydrogen-bond donors (Lipinski definition) is 0. The van der Waals surface area contributed by atoms with Gasteiger partial charge in [0, 0.05) is 18.6 Å². The molecule has 0 amide bonds. The van der Waals surface area contributed by atoms with Crippen molar-refractivity contribution in [3.63, 3.8) is 0 Å². The third-order valence-electron chi connectivity index (χ3n) is 3.22. The molecule has 1 heterocycles. The first-order valence-corrected chi connectivity index (χ1v) is 6.62. The monoisotopic (exact) mass is 264 g/mol. The van der Waals surface area contributed by atoms with E-state index in [0.29, 0.717) is 0 Å². The van der Waals surface area contributed by atoms with Gasteiger partial charge in [-0.1, -0.05) is 43.0 Å². The molecule has 0 N–H and O–H groups in total. The van der Waals surface area contributed by atoms with E-state index in [1.54, 1.807) is 6.20 Å². The van der Waals surface area contributed by atoms with Gasteiger partial charge in [0.05, 0.1) is 0 Å². The highest BCUT2D eigenvalue weighted by atomic mass is 15.0. The van der Waals surface area contributed by atoms with Crippen LogP contribution in [0, 0.1) is 0 Å². The number of imidazole rings is 1. The van der Waals surface area contributed by atoms with Crippen LogP contribution in [0.25, 0.3) is 22.9 Å². The lowest BCUT2D eigenvalue weighted by atomic mass is 10.0. The van der Waals surface area contributed by atoms with Gasteiger partial charge in [-0.15, -0.1) is 0 Å². The van der Waals surface area contributed by atoms with Crippen LogP contribution in [0.4, 0.5) is 0 Å². The summed E-state index contributed by atoms with van der Waals surface area (Å²) in [5, 5.41) is 0. The van der Waals surface area contributed by atoms with E-state index >= 15 is 0 Å². The first kappa shape index (κ1) is 14.1. The molecule has 0 unspecified atom stereocenters. The second kappa shape index (κ2) is 5.74. The van der Waals surface area contributed by atoms with E-state index in [2.05, 4.69) is 55.5 Å². The normalized spacial score (nSPS) is 11.4.